The summed E-state index contributed by atoms with van der Waals surface area (Å²) in [6.07, 6.45) is 4.42. The van der Waals surface area contributed by atoms with Gasteiger partial charge in [0.15, 0.2) is 0 Å². The Morgan fingerprint density at radius 1 is 1.17 bits per heavy atom. The van der Waals surface area contributed by atoms with Gasteiger partial charge in [0, 0.05) is 6.54 Å². The molecule has 1 heterocycles. The highest BCUT2D eigenvalue weighted by Crippen LogP contribution is 2.21. The molecule has 0 amide bonds. The molecule has 0 saturated carbocycles. The number of aliphatic hydroxyl groups excluding tert-OH is 1. The fourth-order valence-electron chi connectivity index (χ4n) is 2.48. The van der Waals surface area contributed by atoms with Gasteiger partial charge in [-0.15, -0.1) is 0 Å². The molecule has 2 rings (SSSR count). The van der Waals surface area contributed by atoms with E-state index in [4.69, 9.17) is 4.74 Å². The molecule has 0 aliphatic carbocycles. The lowest BCUT2D eigenvalue weighted by molar-refractivity contribution is 0.134. The molecule has 1 fully saturated rings. The molecule has 0 unspecified atom stereocenters. The first-order valence-electron chi connectivity index (χ1n) is 6.84. The highest BCUT2D eigenvalue weighted by molar-refractivity contribution is 5.28. The number of methoxy groups -OCH3 is 1. The minimum atomic E-state index is -0.363. The normalized spacial score (nSPS) is 18.6. The molecule has 0 radical (unpaired) electrons. The largest absolute Gasteiger partial charge is 0.497 e. The summed E-state index contributed by atoms with van der Waals surface area (Å²) < 4.78 is 5.11. The van der Waals surface area contributed by atoms with Crippen LogP contribution in [0.5, 0.6) is 5.75 Å². The lowest BCUT2D eigenvalue weighted by Crippen LogP contribution is -2.31. The maximum absolute atomic E-state index is 10.1. The SMILES string of the molecule is COc1ccc([C@@H](O)CCN2CCCCC2)cc1. The Balaban J connectivity index is 1.80. The van der Waals surface area contributed by atoms with E-state index in [9.17, 15) is 5.11 Å². The first-order chi connectivity index (χ1) is 8.79. The van der Waals surface area contributed by atoms with Gasteiger partial charge in [0.2, 0.25) is 0 Å². The summed E-state index contributed by atoms with van der Waals surface area (Å²) in [5, 5.41) is 10.1. The molecule has 0 aromatic heterocycles. The van der Waals surface area contributed by atoms with Crippen LogP contribution in [0.25, 0.3) is 0 Å². The van der Waals surface area contributed by atoms with Crippen molar-refractivity contribution >= 4 is 0 Å². The predicted molar refractivity (Wildman–Crippen MR) is 72.9 cm³/mol. The van der Waals surface area contributed by atoms with Crippen LogP contribution in [0.2, 0.25) is 0 Å². The highest BCUT2D eigenvalue weighted by atomic mass is 16.5. The van der Waals surface area contributed by atoms with E-state index in [1.165, 1.54) is 32.4 Å². The molecule has 1 aromatic carbocycles. The van der Waals surface area contributed by atoms with E-state index in [-0.39, 0.29) is 6.10 Å². The smallest absolute Gasteiger partial charge is 0.118 e. The Morgan fingerprint density at radius 3 is 2.44 bits per heavy atom. The fourth-order valence-corrected chi connectivity index (χ4v) is 2.48. The van der Waals surface area contributed by atoms with Crippen molar-refractivity contribution in [3.8, 4) is 5.75 Å². The first-order valence-corrected chi connectivity index (χ1v) is 6.84. The minimum Gasteiger partial charge on any atom is -0.497 e. The molecule has 1 aliphatic rings. The van der Waals surface area contributed by atoms with Crippen LogP contribution in [0.4, 0.5) is 0 Å². The summed E-state index contributed by atoms with van der Waals surface area (Å²) in [5.74, 6) is 0.835. The third-order valence-corrected chi connectivity index (χ3v) is 3.67. The van der Waals surface area contributed by atoms with Crippen LogP contribution in [-0.2, 0) is 0 Å². The Kier molecular flexibility index (Phi) is 5.02. The molecule has 1 aliphatic heterocycles. The number of hydrogen-bond acceptors (Lipinski definition) is 3. The summed E-state index contributed by atoms with van der Waals surface area (Å²) in [5.41, 5.74) is 0.979. The molecular formula is C15H23NO2. The number of piperidine rings is 1. The molecule has 1 N–H and O–H groups in total. The summed E-state index contributed by atoms with van der Waals surface area (Å²) in [6.45, 7) is 3.37. The van der Waals surface area contributed by atoms with Crippen molar-refractivity contribution in [2.45, 2.75) is 31.8 Å². The van der Waals surface area contributed by atoms with E-state index in [1.54, 1.807) is 7.11 Å². The summed E-state index contributed by atoms with van der Waals surface area (Å²) in [6, 6.07) is 7.69. The number of nitrogens with zero attached hydrogens (tertiary/aromatic N) is 1. The van der Waals surface area contributed by atoms with Crippen molar-refractivity contribution < 1.29 is 9.84 Å². The van der Waals surface area contributed by atoms with E-state index in [0.29, 0.717) is 0 Å². The van der Waals surface area contributed by atoms with Gasteiger partial charge in [-0.3, -0.25) is 0 Å². The molecule has 1 aromatic rings. The average Bonchev–Trinajstić information content (AvgIpc) is 2.46. The van der Waals surface area contributed by atoms with E-state index >= 15 is 0 Å². The number of aliphatic hydroxyl groups is 1. The first kappa shape index (κ1) is 13.4. The Hall–Kier alpha value is -1.06. The third kappa shape index (κ3) is 3.72. The molecule has 3 nitrogen and oxygen atoms in total. The van der Waals surface area contributed by atoms with Crippen LogP contribution in [0, 0.1) is 0 Å². The van der Waals surface area contributed by atoms with Gasteiger partial charge in [0.1, 0.15) is 5.75 Å². The second kappa shape index (κ2) is 6.76. The average molecular weight is 249 g/mol. The van der Waals surface area contributed by atoms with Crippen LogP contribution in [0.3, 0.4) is 0 Å². The molecular weight excluding hydrogens is 226 g/mol. The zero-order chi connectivity index (χ0) is 12.8. The lowest BCUT2D eigenvalue weighted by Gasteiger charge is -2.27. The van der Waals surface area contributed by atoms with Crippen molar-refractivity contribution in [1.82, 2.24) is 4.90 Å². The number of ether oxygens (including phenoxy) is 1. The van der Waals surface area contributed by atoms with Crippen LogP contribution < -0.4 is 4.74 Å². The predicted octanol–water partition coefficient (Wildman–Crippen LogP) is 2.60. The standard InChI is InChI=1S/C15H23NO2/c1-18-14-7-5-13(6-8-14)15(17)9-12-16-10-3-2-4-11-16/h5-8,15,17H,2-4,9-12H2,1H3/t15-/m0/s1. The van der Waals surface area contributed by atoms with E-state index in [1.807, 2.05) is 24.3 Å². The Labute approximate surface area is 109 Å². The van der Waals surface area contributed by atoms with Crippen molar-refractivity contribution in [2.24, 2.45) is 0 Å². The minimum absolute atomic E-state index is 0.363. The molecule has 0 spiro atoms. The zero-order valence-corrected chi connectivity index (χ0v) is 11.1. The van der Waals surface area contributed by atoms with Crippen molar-refractivity contribution in [2.75, 3.05) is 26.7 Å². The van der Waals surface area contributed by atoms with Crippen molar-refractivity contribution in [3.05, 3.63) is 29.8 Å². The van der Waals surface area contributed by atoms with Crippen molar-refractivity contribution in [3.63, 3.8) is 0 Å². The Morgan fingerprint density at radius 2 is 1.83 bits per heavy atom. The quantitative estimate of drug-likeness (QED) is 0.870. The molecule has 18 heavy (non-hydrogen) atoms. The lowest BCUT2D eigenvalue weighted by atomic mass is 10.1. The fraction of sp³-hybridized carbons (Fsp3) is 0.600. The third-order valence-electron chi connectivity index (χ3n) is 3.67. The van der Waals surface area contributed by atoms with Gasteiger partial charge in [-0.25, -0.2) is 0 Å². The van der Waals surface area contributed by atoms with Gasteiger partial charge >= 0.3 is 0 Å². The maximum atomic E-state index is 10.1. The van der Waals surface area contributed by atoms with Crippen LogP contribution in [0.1, 0.15) is 37.4 Å². The van der Waals surface area contributed by atoms with E-state index < -0.39 is 0 Å². The maximum Gasteiger partial charge on any atom is 0.118 e. The van der Waals surface area contributed by atoms with Crippen molar-refractivity contribution in [1.29, 1.82) is 0 Å². The van der Waals surface area contributed by atoms with Crippen LogP contribution in [0.15, 0.2) is 24.3 Å². The van der Waals surface area contributed by atoms with E-state index in [2.05, 4.69) is 4.90 Å². The second-order valence-electron chi connectivity index (χ2n) is 4.98. The number of rotatable bonds is 5. The molecule has 100 valence electrons. The summed E-state index contributed by atoms with van der Waals surface area (Å²) >= 11 is 0. The number of hydrogen-bond donors (Lipinski definition) is 1. The monoisotopic (exact) mass is 249 g/mol. The van der Waals surface area contributed by atoms with Gasteiger partial charge < -0.3 is 14.7 Å². The number of likely N-dealkylation sites (tertiary alicyclic amines) is 1. The molecule has 3 heteroatoms. The zero-order valence-electron chi connectivity index (χ0n) is 11.1. The van der Waals surface area contributed by atoms with Crippen LogP contribution >= 0.6 is 0 Å². The van der Waals surface area contributed by atoms with Gasteiger partial charge in [0.25, 0.3) is 0 Å². The van der Waals surface area contributed by atoms with Crippen LogP contribution in [-0.4, -0.2) is 36.8 Å². The highest BCUT2D eigenvalue weighted by Gasteiger charge is 2.13. The summed E-state index contributed by atoms with van der Waals surface area (Å²) in [4.78, 5) is 2.45. The molecule has 1 atom stereocenters. The van der Waals surface area contributed by atoms with Gasteiger partial charge in [-0.05, 0) is 50.0 Å². The topological polar surface area (TPSA) is 32.7 Å². The second-order valence-corrected chi connectivity index (χ2v) is 4.98. The Bertz CT molecular complexity index is 344. The van der Waals surface area contributed by atoms with Gasteiger partial charge in [-0.1, -0.05) is 18.6 Å². The van der Waals surface area contributed by atoms with Gasteiger partial charge in [-0.2, -0.15) is 0 Å². The van der Waals surface area contributed by atoms with Gasteiger partial charge in [0.05, 0.1) is 13.2 Å². The van der Waals surface area contributed by atoms with E-state index in [0.717, 1.165) is 24.3 Å². The number of benzene rings is 1. The molecule has 0 bridgehead atoms. The summed E-state index contributed by atoms with van der Waals surface area (Å²) in [7, 11) is 1.65. The molecule has 1 saturated heterocycles.